The standard InChI is InChI=1S/C29H23F3N6O4/c30-19-10-21(15-34-14-19)38(25(39)23-16-42-27(41)37(23)24-9-17(13-33)6-8-35-24)29(7-5-18-3-1-2-4-22(18)29)26(40)36-20-11-28(31,32)12-20/h1-4,6,8-10,14-15,20,23H,5,7,11-12,16H2,(H,36,40)/t23-,29+/m0/s1. The van der Waals surface area contributed by atoms with Crippen molar-refractivity contribution in [3.8, 4) is 6.07 Å². The zero-order valence-corrected chi connectivity index (χ0v) is 22.0. The maximum absolute atomic E-state index is 14.6. The second-order valence-electron chi connectivity index (χ2n) is 10.5. The lowest BCUT2D eigenvalue weighted by molar-refractivity contribution is -0.137. The Morgan fingerprint density at radius 3 is 2.69 bits per heavy atom. The van der Waals surface area contributed by atoms with Crippen molar-refractivity contribution in [1.82, 2.24) is 15.3 Å². The summed E-state index contributed by atoms with van der Waals surface area (Å²) in [6.45, 7) is -0.427. The number of hydrogen-bond acceptors (Lipinski definition) is 7. The fourth-order valence-electron chi connectivity index (χ4n) is 5.91. The zero-order valence-electron chi connectivity index (χ0n) is 22.0. The van der Waals surface area contributed by atoms with Crippen LogP contribution in [0.25, 0.3) is 0 Å². The summed E-state index contributed by atoms with van der Waals surface area (Å²) >= 11 is 0. The molecule has 1 aromatic carbocycles. The molecule has 0 radical (unpaired) electrons. The van der Waals surface area contributed by atoms with Crippen molar-refractivity contribution in [2.75, 3.05) is 16.4 Å². The molecule has 2 fully saturated rings. The Kier molecular flexibility index (Phi) is 6.56. The van der Waals surface area contributed by atoms with Crippen LogP contribution in [0.2, 0.25) is 0 Å². The summed E-state index contributed by atoms with van der Waals surface area (Å²) in [6.07, 6.45) is 1.84. The van der Waals surface area contributed by atoms with Crippen molar-refractivity contribution in [2.45, 2.75) is 49.2 Å². The van der Waals surface area contributed by atoms with E-state index in [9.17, 15) is 32.8 Å². The van der Waals surface area contributed by atoms with Gasteiger partial charge in [0.25, 0.3) is 17.7 Å². The van der Waals surface area contributed by atoms with Gasteiger partial charge in [-0.1, -0.05) is 24.3 Å². The number of ether oxygens (including phenoxy) is 1. The molecule has 3 aliphatic rings. The summed E-state index contributed by atoms with van der Waals surface area (Å²) in [5, 5.41) is 12.0. The number of alkyl halides is 2. The predicted molar refractivity (Wildman–Crippen MR) is 141 cm³/mol. The van der Waals surface area contributed by atoms with Gasteiger partial charge in [-0.25, -0.2) is 27.8 Å². The Labute approximate surface area is 237 Å². The van der Waals surface area contributed by atoms with E-state index in [-0.39, 0.29) is 23.5 Å². The highest BCUT2D eigenvalue weighted by atomic mass is 19.3. The first-order valence-electron chi connectivity index (χ1n) is 13.2. The molecule has 1 N–H and O–H groups in total. The summed E-state index contributed by atoms with van der Waals surface area (Å²) in [5.74, 6) is -5.26. The number of fused-ring (bicyclic) bond motifs is 1. The topological polar surface area (TPSA) is 129 Å². The number of halogens is 3. The lowest BCUT2D eigenvalue weighted by Gasteiger charge is -2.44. The third kappa shape index (κ3) is 4.49. The van der Waals surface area contributed by atoms with Crippen molar-refractivity contribution in [1.29, 1.82) is 5.26 Å². The summed E-state index contributed by atoms with van der Waals surface area (Å²) in [7, 11) is 0. The summed E-state index contributed by atoms with van der Waals surface area (Å²) in [6, 6.07) is 10.4. The monoisotopic (exact) mass is 576 g/mol. The number of carbonyl (C=O) groups excluding carboxylic acids is 3. The molecular formula is C29H23F3N6O4. The van der Waals surface area contributed by atoms with Crippen LogP contribution >= 0.6 is 0 Å². The molecule has 42 heavy (non-hydrogen) atoms. The van der Waals surface area contributed by atoms with Gasteiger partial charge in [0, 0.05) is 31.1 Å². The van der Waals surface area contributed by atoms with Gasteiger partial charge in [0.1, 0.15) is 18.2 Å². The number of amides is 3. The number of anilines is 2. The lowest BCUT2D eigenvalue weighted by Crippen LogP contribution is -2.64. The molecule has 1 aliphatic heterocycles. The van der Waals surface area contributed by atoms with E-state index in [0.29, 0.717) is 12.0 Å². The van der Waals surface area contributed by atoms with Crippen LogP contribution in [0.1, 0.15) is 36.0 Å². The Hall–Kier alpha value is -4.99. The second-order valence-corrected chi connectivity index (χ2v) is 10.5. The van der Waals surface area contributed by atoms with Gasteiger partial charge < -0.3 is 10.1 Å². The first kappa shape index (κ1) is 27.2. The molecule has 2 aromatic heterocycles. The molecular weight excluding hydrogens is 553 g/mol. The molecule has 0 bridgehead atoms. The van der Waals surface area contributed by atoms with E-state index in [0.717, 1.165) is 27.6 Å². The van der Waals surface area contributed by atoms with Crippen molar-refractivity contribution < 1.29 is 32.3 Å². The molecule has 1 saturated carbocycles. The molecule has 3 heterocycles. The van der Waals surface area contributed by atoms with Crippen molar-refractivity contribution in [2.24, 2.45) is 0 Å². The van der Waals surface area contributed by atoms with E-state index in [2.05, 4.69) is 15.3 Å². The van der Waals surface area contributed by atoms with Gasteiger partial charge in [-0.05, 0) is 36.1 Å². The van der Waals surface area contributed by atoms with E-state index >= 15 is 0 Å². The van der Waals surface area contributed by atoms with Gasteiger partial charge in [-0.15, -0.1) is 0 Å². The van der Waals surface area contributed by atoms with E-state index in [1.54, 1.807) is 24.3 Å². The number of hydrogen-bond donors (Lipinski definition) is 1. The Balaban J connectivity index is 1.49. The Morgan fingerprint density at radius 1 is 1.17 bits per heavy atom. The summed E-state index contributed by atoms with van der Waals surface area (Å²) < 4.78 is 47.2. The molecule has 6 rings (SSSR count). The predicted octanol–water partition coefficient (Wildman–Crippen LogP) is 3.60. The number of pyridine rings is 2. The molecule has 13 heteroatoms. The number of carbonyl (C=O) groups is 3. The van der Waals surface area contributed by atoms with Gasteiger partial charge in [0.05, 0.1) is 29.7 Å². The number of cyclic esters (lactones) is 1. The average Bonchev–Trinajstić information content (AvgIpc) is 3.54. The summed E-state index contributed by atoms with van der Waals surface area (Å²) in [4.78, 5) is 51.8. The smallest absolute Gasteiger partial charge is 0.416 e. The van der Waals surface area contributed by atoms with Crippen molar-refractivity contribution in [3.63, 3.8) is 0 Å². The third-order valence-electron chi connectivity index (χ3n) is 7.85. The number of benzene rings is 1. The molecule has 2 aliphatic carbocycles. The van der Waals surface area contributed by atoms with Crippen molar-refractivity contribution >= 4 is 29.4 Å². The Morgan fingerprint density at radius 2 is 1.95 bits per heavy atom. The van der Waals surface area contributed by atoms with Gasteiger partial charge >= 0.3 is 6.09 Å². The molecule has 214 valence electrons. The quantitative estimate of drug-likeness (QED) is 0.475. The maximum Gasteiger partial charge on any atom is 0.416 e. The highest BCUT2D eigenvalue weighted by Crippen LogP contribution is 2.46. The van der Waals surface area contributed by atoms with E-state index in [4.69, 9.17) is 4.74 Å². The molecule has 3 aromatic rings. The average molecular weight is 577 g/mol. The van der Waals surface area contributed by atoms with Crippen LogP contribution in [0.15, 0.2) is 61.1 Å². The fourth-order valence-corrected chi connectivity index (χ4v) is 5.91. The molecule has 3 amide bonds. The largest absolute Gasteiger partial charge is 0.446 e. The molecule has 2 atom stereocenters. The number of nitriles is 1. The van der Waals surface area contributed by atoms with E-state index < -0.39 is 66.7 Å². The second kappa shape index (κ2) is 10.1. The van der Waals surface area contributed by atoms with E-state index in [1.165, 1.54) is 24.5 Å². The summed E-state index contributed by atoms with van der Waals surface area (Å²) in [5.41, 5.74) is -0.521. The minimum absolute atomic E-state index is 0.0331. The van der Waals surface area contributed by atoms with Crippen LogP contribution in [0.4, 0.5) is 29.5 Å². The van der Waals surface area contributed by atoms with Crippen molar-refractivity contribution in [3.05, 3.63) is 83.6 Å². The zero-order chi connectivity index (χ0) is 29.6. The molecule has 10 nitrogen and oxygen atoms in total. The van der Waals surface area contributed by atoms with Crippen LogP contribution in [0.5, 0.6) is 0 Å². The van der Waals surface area contributed by atoms with Crippen LogP contribution in [-0.4, -0.2) is 52.5 Å². The highest BCUT2D eigenvalue weighted by Gasteiger charge is 2.57. The minimum atomic E-state index is -2.91. The first-order chi connectivity index (χ1) is 20.1. The Bertz CT molecular complexity index is 1640. The highest BCUT2D eigenvalue weighted by molar-refractivity contribution is 6.11. The molecule has 1 saturated heterocycles. The van der Waals surface area contributed by atoms with Gasteiger partial charge in [-0.2, -0.15) is 5.26 Å². The number of aryl methyl sites for hydroxylation is 1. The van der Waals surface area contributed by atoms with Crippen LogP contribution in [0, 0.1) is 17.1 Å². The maximum atomic E-state index is 14.6. The normalized spacial score (nSPS) is 22.5. The molecule has 0 spiro atoms. The number of aromatic nitrogens is 2. The lowest BCUT2D eigenvalue weighted by atomic mass is 9.84. The SMILES string of the molecule is N#Cc1ccnc(N2C(=O)OC[C@H]2C(=O)N(c2cncc(F)c2)[C@]2(C(=O)NC3CC(F)(F)C3)CCc3ccccc32)c1. The number of nitrogens with zero attached hydrogens (tertiary/aromatic N) is 5. The number of nitrogens with one attached hydrogen (secondary N) is 1. The third-order valence-corrected chi connectivity index (χ3v) is 7.85. The fraction of sp³-hybridized carbons (Fsp3) is 0.310. The number of rotatable bonds is 6. The molecule has 0 unspecified atom stereocenters. The van der Waals surface area contributed by atoms with Gasteiger partial charge in [0.15, 0.2) is 11.6 Å². The minimum Gasteiger partial charge on any atom is -0.446 e. The van der Waals surface area contributed by atoms with Crippen LogP contribution in [-0.2, 0) is 26.3 Å². The first-order valence-corrected chi connectivity index (χ1v) is 13.2. The van der Waals surface area contributed by atoms with Gasteiger partial charge in [-0.3, -0.25) is 19.5 Å². The van der Waals surface area contributed by atoms with Crippen LogP contribution in [0.3, 0.4) is 0 Å². The van der Waals surface area contributed by atoms with E-state index in [1.807, 2.05) is 6.07 Å². The van der Waals surface area contributed by atoms with Gasteiger partial charge in [0.2, 0.25) is 0 Å². The van der Waals surface area contributed by atoms with Crippen LogP contribution < -0.4 is 15.1 Å².